The van der Waals surface area contributed by atoms with E-state index in [1.807, 2.05) is 29.2 Å². The lowest BCUT2D eigenvalue weighted by Crippen LogP contribution is -2.38. The summed E-state index contributed by atoms with van der Waals surface area (Å²) >= 11 is 0. The zero-order chi connectivity index (χ0) is 13.7. The SMILES string of the molecule is Nc1cc(C(=O)N2CC3CCC2C3)nc2ccccc12. The molecule has 2 aromatic rings. The van der Waals surface area contributed by atoms with Crippen molar-refractivity contribution >= 4 is 22.5 Å². The number of hydrogen-bond acceptors (Lipinski definition) is 3. The number of likely N-dealkylation sites (tertiary alicyclic amines) is 1. The van der Waals surface area contributed by atoms with Crippen LogP contribution in [0.25, 0.3) is 10.9 Å². The first-order valence-electron chi connectivity index (χ1n) is 7.18. The predicted octanol–water partition coefficient (Wildman–Crippen LogP) is 2.44. The Morgan fingerprint density at radius 1 is 1.30 bits per heavy atom. The van der Waals surface area contributed by atoms with Crippen molar-refractivity contribution < 1.29 is 4.79 Å². The van der Waals surface area contributed by atoms with Crippen molar-refractivity contribution in [1.82, 2.24) is 9.88 Å². The van der Waals surface area contributed by atoms with Crippen molar-refractivity contribution in [1.29, 1.82) is 0 Å². The van der Waals surface area contributed by atoms with Gasteiger partial charge in [0, 0.05) is 23.7 Å². The van der Waals surface area contributed by atoms with E-state index in [4.69, 9.17) is 5.73 Å². The second-order valence-electron chi connectivity index (χ2n) is 5.90. The molecule has 20 heavy (non-hydrogen) atoms. The van der Waals surface area contributed by atoms with Gasteiger partial charge in [-0.3, -0.25) is 4.79 Å². The Bertz CT molecular complexity index is 697. The number of nitrogens with two attached hydrogens (primary N) is 1. The Morgan fingerprint density at radius 2 is 2.15 bits per heavy atom. The van der Waals surface area contributed by atoms with E-state index in [0.717, 1.165) is 30.3 Å². The Kier molecular flexibility index (Phi) is 2.46. The number of para-hydroxylation sites is 1. The summed E-state index contributed by atoms with van der Waals surface area (Å²) < 4.78 is 0. The third-order valence-corrected chi connectivity index (χ3v) is 4.64. The van der Waals surface area contributed by atoms with E-state index in [0.29, 0.717) is 23.3 Å². The number of nitrogen functional groups attached to an aromatic ring is 1. The number of fused-ring (bicyclic) bond motifs is 3. The topological polar surface area (TPSA) is 59.2 Å². The van der Waals surface area contributed by atoms with Crippen LogP contribution in [0.15, 0.2) is 30.3 Å². The minimum atomic E-state index is 0.0367. The molecule has 1 aromatic heterocycles. The van der Waals surface area contributed by atoms with E-state index in [9.17, 15) is 4.79 Å². The van der Waals surface area contributed by atoms with E-state index in [1.54, 1.807) is 6.07 Å². The van der Waals surface area contributed by atoms with Crippen molar-refractivity contribution in [3.63, 3.8) is 0 Å². The summed E-state index contributed by atoms with van der Waals surface area (Å²) in [5.41, 5.74) is 7.96. The van der Waals surface area contributed by atoms with Gasteiger partial charge in [-0.1, -0.05) is 18.2 Å². The van der Waals surface area contributed by atoms with Gasteiger partial charge in [0.25, 0.3) is 5.91 Å². The molecule has 4 rings (SSSR count). The fourth-order valence-electron chi connectivity index (χ4n) is 3.63. The van der Waals surface area contributed by atoms with Crippen molar-refractivity contribution in [3.8, 4) is 0 Å². The fourth-order valence-corrected chi connectivity index (χ4v) is 3.63. The van der Waals surface area contributed by atoms with Crippen LogP contribution in [-0.4, -0.2) is 28.4 Å². The zero-order valence-corrected chi connectivity index (χ0v) is 11.2. The molecule has 1 aromatic carbocycles. The average Bonchev–Trinajstić information content (AvgIpc) is 3.09. The smallest absolute Gasteiger partial charge is 0.272 e. The second kappa shape index (κ2) is 4.20. The quantitative estimate of drug-likeness (QED) is 0.863. The van der Waals surface area contributed by atoms with Gasteiger partial charge in [0.05, 0.1) is 5.52 Å². The highest BCUT2D eigenvalue weighted by Crippen LogP contribution is 2.38. The van der Waals surface area contributed by atoms with Gasteiger partial charge in [-0.25, -0.2) is 4.98 Å². The van der Waals surface area contributed by atoms with Gasteiger partial charge in [0.2, 0.25) is 0 Å². The summed E-state index contributed by atoms with van der Waals surface area (Å²) in [6.45, 7) is 0.887. The van der Waals surface area contributed by atoms with Crippen LogP contribution in [0.1, 0.15) is 29.8 Å². The van der Waals surface area contributed by atoms with Crippen LogP contribution in [-0.2, 0) is 0 Å². The number of rotatable bonds is 1. The molecule has 2 unspecified atom stereocenters. The van der Waals surface area contributed by atoms with Crippen molar-refractivity contribution in [2.24, 2.45) is 5.92 Å². The maximum absolute atomic E-state index is 12.6. The van der Waals surface area contributed by atoms with Gasteiger partial charge in [-0.2, -0.15) is 0 Å². The summed E-state index contributed by atoms with van der Waals surface area (Å²) in [4.78, 5) is 19.1. The molecule has 4 heteroatoms. The van der Waals surface area contributed by atoms with Crippen molar-refractivity contribution in [3.05, 3.63) is 36.0 Å². The minimum absolute atomic E-state index is 0.0367. The van der Waals surface area contributed by atoms with Gasteiger partial charge in [0.15, 0.2) is 0 Å². The van der Waals surface area contributed by atoms with E-state index in [-0.39, 0.29) is 5.91 Å². The highest BCUT2D eigenvalue weighted by molar-refractivity contribution is 5.99. The number of carbonyl (C=O) groups is 1. The minimum Gasteiger partial charge on any atom is -0.398 e. The van der Waals surface area contributed by atoms with Crippen LogP contribution >= 0.6 is 0 Å². The molecule has 2 bridgehead atoms. The molecule has 2 aliphatic rings. The van der Waals surface area contributed by atoms with Crippen LogP contribution < -0.4 is 5.73 Å². The van der Waals surface area contributed by atoms with Gasteiger partial charge >= 0.3 is 0 Å². The van der Waals surface area contributed by atoms with Gasteiger partial charge in [-0.15, -0.1) is 0 Å². The summed E-state index contributed by atoms with van der Waals surface area (Å²) in [6.07, 6.45) is 3.57. The van der Waals surface area contributed by atoms with Gasteiger partial charge in [0.1, 0.15) is 5.69 Å². The Balaban J connectivity index is 1.73. The van der Waals surface area contributed by atoms with E-state index in [1.165, 1.54) is 6.42 Å². The molecule has 1 saturated heterocycles. The molecular weight excluding hydrogens is 250 g/mol. The molecule has 4 nitrogen and oxygen atoms in total. The number of anilines is 1. The Hall–Kier alpha value is -2.10. The van der Waals surface area contributed by atoms with E-state index >= 15 is 0 Å². The number of nitrogens with zero attached hydrogens (tertiary/aromatic N) is 2. The number of hydrogen-bond donors (Lipinski definition) is 1. The maximum atomic E-state index is 12.6. The molecular formula is C16H17N3O. The standard InChI is InChI=1S/C16H17N3O/c17-13-8-15(18-14-4-2-1-3-12(13)14)16(20)19-9-10-5-6-11(19)7-10/h1-4,8,10-11H,5-7,9H2,(H2,17,18). The lowest BCUT2D eigenvalue weighted by molar-refractivity contribution is 0.0698. The monoisotopic (exact) mass is 267 g/mol. The summed E-state index contributed by atoms with van der Waals surface area (Å²) in [5.74, 6) is 0.733. The van der Waals surface area contributed by atoms with Crippen LogP contribution in [0.2, 0.25) is 0 Å². The normalized spacial score (nSPS) is 24.5. The Morgan fingerprint density at radius 3 is 2.90 bits per heavy atom. The molecule has 0 spiro atoms. The molecule has 102 valence electrons. The fraction of sp³-hybridized carbons (Fsp3) is 0.375. The number of benzene rings is 1. The first-order chi connectivity index (χ1) is 9.72. The zero-order valence-electron chi connectivity index (χ0n) is 11.2. The highest BCUT2D eigenvalue weighted by atomic mass is 16.2. The number of piperidine rings is 1. The molecule has 1 aliphatic carbocycles. The van der Waals surface area contributed by atoms with Crippen LogP contribution in [0.4, 0.5) is 5.69 Å². The summed E-state index contributed by atoms with van der Waals surface area (Å²) in [5, 5.41) is 0.909. The van der Waals surface area contributed by atoms with E-state index < -0.39 is 0 Å². The third kappa shape index (κ3) is 1.68. The van der Waals surface area contributed by atoms with E-state index in [2.05, 4.69) is 4.98 Å². The Labute approximate surface area is 117 Å². The lowest BCUT2D eigenvalue weighted by Gasteiger charge is -2.26. The molecule has 1 aliphatic heterocycles. The number of carbonyl (C=O) groups excluding carboxylic acids is 1. The number of aromatic nitrogens is 1. The third-order valence-electron chi connectivity index (χ3n) is 4.64. The number of pyridine rings is 1. The predicted molar refractivity (Wildman–Crippen MR) is 78.3 cm³/mol. The van der Waals surface area contributed by atoms with Crippen LogP contribution in [0.5, 0.6) is 0 Å². The van der Waals surface area contributed by atoms with Crippen LogP contribution in [0.3, 0.4) is 0 Å². The molecule has 0 radical (unpaired) electrons. The lowest BCUT2D eigenvalue weighted by atomic mass is 10.1. The molecule has 1 amide bonds. The van der Waals surface area contributed by atoms with Gasteiger partial charge < -0.3 is 10.6 Å². The summed E-state index contributed by atoms with van der Waals surface area (Å²) in [7, 11) is 0. The second-order valence-corrected chi connectivity index (χ2v) is 5.90. The average molecular weight is 267 g/mol. The molecule has 2 atom stereocenters. The first kappa shape index (κ1) is 11.7. The first-order valence-corrected chi connectivity index (χ1v) is 7.18. The van der Waals surface area contributed by atoms with Gasteiger partial charge in [-0.05, 0) is 37.3 Å². The maximum Gasteiger partial charge on any atom is 0.272 e. The van der Waals surface area contributed by atoms with Crippen molar-refractivity contribution in [2.45, 2.75) is 25.3 Å². The highest BCUT2D eigenvalue weighted by Gasteiger charge is 2.40. The van der Waals surface area contributed by atoms with Crippen molar-refractivity contribution in [2.75, 3.05) is 12.3 Å². The molecule has 2 heterocycles. The molecule has 2 fully saturated rings. The number of amides is 1. The van der Waals surface area contributed by atoms with Crippen LogP contribution in [0, 0.1) is 5.92 Å². The molecule has 2 N–H and O–H groups in total. The largest absolute Gasteiger partial charge is 0.398 e. The summed E-state index contributed by atoms with van der Waals surface area (Å²) in [6, 6.07) is 9.82. The molecule has 1 saturated carbocycles.